The molecule has 0 aliphatic carbocycles. The summed E-state index contributed by atoms with van der Waals surface area (Å²) >= 11 is 11.8. The van der Waals surface area contributed by atoms with E-state index < -0.39 is 0 Å². The van der Waals surface area contributed by atoms with Crippen LogP contribution in [0.3, 0.4) is 0 Å². The SMILES string of the molecule is Cc1cc(Oc2ccc(Cl)c(Cl)c2)ccc1CC(C)N. The third-order valence-corrected chi connectivity index (χ3v) is 3.72. The number of nitrogens with two attached hydrogens (primary N) is 1. The van der Waals surface area contributed by atoms with Crippen molar-refractivity contribution in [3.63, 3.8) is 0 Å². The van der Waals surface area contributed by atoms with Gasteiger partial charge in [0.15, 0.2) is 0 Å². The van der Waals surface area contributed by atoms with Gasteiger partial charge in [0, 0.05) is 12.1 Å². The lowest BCUT2D eigenvalue weighted by Gasteiger charge is -2.12. The van der Waals surface area contributed by atoms with E-state index >= 15 is 0 Å². The smallest absolute Gasteiger partial charge is 0.129 e. The first-order chi connectivity index (χ1) is 9.45. The maximum Gasteiger partial charge on any atom is 0.129 e. The van der Waals surface area contributed by atoms with Gasteiger partial charge in [0.05, 0.1) is 10.0 Å². The number of hydrogen-bond donors (Lipinski definition) is 1. The molecule has 2 N–H and O–H groups in total. The van der Waals surface area contributed by atoms with Crippen LogP contribution >= 0.6 is 23.2 Å². The fraction of sp³-hybridized carbons (Fsp3) is 0.250. The van der Waals surface area contributed by atoms with Gasteiger partial charge in [0.2, 0.25) is 0 Å². The Kier molecular flexibility index (Phi) is 4.92. The van der Waals surface area contributed by atoms with Gasteiger partial charge in [-0.05, 0) is 55.7 Å². The average Bonchev–Trinajstić information content (AvgIpc) is 2.37. The van der Waals surface area contributed by atoms with Gasteiger partial charge in [-0.25, -0.2) is 0 Å². The highest BCUT2D eigenvalue weighted by molar-refractivity contribution is 6.42. The van der Waals surface area contributed by atoms with Crippen LogP contribution in [0.25, 0.3) is 0 Å². The highest BCUT2D eigenvalue weighted by Gasteiger charge is 2.06. The second-order valence-electron chi connectivity index (χ2n) is 4.95. The molecule has 0 spiro atoms. The van der Waals surface area contributed by atoms with Gasteiger partial charge < -0.3 is 10.5 Å². The third-order valence-electron chi connectivity index (χ3n) is 2.98. The van der Waals surface area contributed by atoms with Gasteiger partial charge in [0.25, 0.3) is 0 Å². The summed E-state index contributed by atoms with van der Waals surface area (Å²) < 4.78 is 5.78. The Morgan fingerprint density at radius 1 is 1.05 bits per heavy atom. The molecule has 0 aliphatic rings. The van der Waals surface area contributed by atoms with E-state index in [0.717, 1.165) is 12.2 Å². The van der Waals surface area contributed by atoms with Crippen molar-refractivity contribution in [1.82, 2.24) is 0 Å². The Balaban J connectivity index is 2.17. The molecule has 0 heterocycles. The van der Waals surface area contributed by atoms with Crippen LogP contribution in [-0.4, -0.2) is 6.04 Å². The van der Waals surface area contributed by atoms with Crippen LogP contribution in [0.5, 0.6) is 11.5 Å². The van der Waals surface area contributed by atoms with Crippen molar-refractivity contribution in [2.45, 2.75) is 26.3 Å². The first-order valence-corrected chi connectivity index (χ1v) is 7.19. The number of rotatable bonds is 4. The molecule has 2 aromatic rings. The van der Waals surface area contributed by atoms with Crippen LogP contribution in [-0.2, 0) is 6.42 Å². The number of aryl methyl sites for hydroxylation is 1. The van der Waals surface area contributed by atoms with Crippen molar-refractivity contribution in [3.8, 4) is 11.5 Å². The number of hydrogen-bond acceptors (Lipinski definition) is 2. The second-order valence-corrected chi connectivity index (χ2v) is 5.76. The predicted molar refractivity (Wildman–Crippen MR) is 85.1 cm³/mol. The summed E-state index contributed by atoms with van der Waals surface area (Å²) in [6.07, 6.45) is 0.860. The first kappa shape index (κ1) is 15.2. The Bertz CT molecular complexity index is 611. The molecular weight excluding hydrogens is 293 g/mol. The Morgan fingerprint density at radius 2 is 1.70 bits per heavy atom. The summed E-state index contributed by atoms with van der Waals surface area (Å²) in [5, 5.41) is 0.997. The molecule has 1 atom stereocenters. The van der Waals surface area contributed by atoms with E-state index in [9.17, 15) is 0 Å². The summed E-state index contributed by atoms with van der Waals surface area (Å²) in [6, 6.07) is 11.3. The number of halogens is 2. The van der Waals surface area contributed by atoms with E-state index in [0.29, 0.717) is 15.8 Å². The fourth-order valence-electron chi connectivity index (χ4n) is 1.98. The monoisotopic (exact) mass is 309 g/mol. The molecule has 106 valence electrons. The molecule has 0 fully saturated rings. The Hall–Kier alpha value is -1.22. The molecule has 0 saturated carbocycles. The van der Waals surface area contributed by atoms with Gasteiger partial charge in [-0.15, -0.1) is 0 Å². The minimum atomic E-state index is 0.149. The highest BCUT2D eigenvalue weighted by Crippen LogP contribution is 2.30. The molecule has 2 nitrogen and oxygen atoms in total. The van der Waals surface area contributed by atoms with Gasteiger partial charge in [0.1, 0.15) is 11.5 Å². The average molecular weight is 310 g/mol. The quantitative estimate of drug-likeness (QED) is 0.864. The molecule has 0 radical (unpaired) electrons. The zero-order valence-corrected chi connectivity index (χ0v) is 13.0. The molecular formula is C16H17Cl2NO. The molecule has 2 aromatic carbocycles. The summed E-state index contributed by atoms with van der Waals surface area (Å²) in [5.41, 5.74) is 8.23. The number of benzene rings is 2. The van der Waals surface area contributed by atoms with Crippen LogP contribution in [0.1, 0.15) is 18.1 Å². The van der Waals surface area contributed by atoms with E-state index in [2.05, 4.69) is 6.92 Å². The van der Waals surface area contributed by atoms with E-state index in [1.54, 1.807) is 18.2 Å². The standard InChI is InChI=1S/C16H17Cl2NO/c1-10-7-13(4-3-12(10)8-11(2)19)20-14-5-6-15(17)16(18)9-14/h3-7,9,11H,8,19H2,1-2H3. The van der Waals surface area contributed by atoms with Gasteiger partial charge in [-0.3, -0.25) is 0 Å². The third kappa shape index (κ3) is 3.89. The molecule has 2 rings (SSSR count). The lowest BCUT2D eigenvalue weighted by molar-refractivity contribution is 0.482. The van der Waals surface area contributed by atoms with Gasteiger partial charge >= 0.3 is 0 Å². The van der Waals surface area contributed by atoms with E-state index in [-0.39, 0.29) is 6.04 Å². The van der Waals surface area contributed by atoms with Crippen LogP contribution in [0, 0.1) is 6.92 Å². The van der Waals surface area contributed by atoms with E-state index in [1.165, 1.54) is 11.1 Å². The zero-order chi connectivity index (χ0) is 14.7. The lowest BCUT2D eigenvalue weighted by atomic mass is 10.0. The Morgan fingerprint density at radius 3 is 2.30 bits per heavy atom. The van der Waals surface area contributed by atoms with E-state index in [1.807, 2.05) is 25.1 Å². The molecule has 4 heteroatoms. The highest BCUT2D eigenvalue weighted by atomic mass is 35.5. The van der Waals surface area contributed by atoms with Crippen molar-refractivity contribution < 1.29 is 4.74 Å². The van der Waals surface area contributed by atoms with Gasteiger partial charge in [-0.2, -0.15) is 0 Å². The predicted octanol–water partition coefficient (Wildman–Crippen LogP) is 4.98. The number of ether oxygens (including phenoxy) is 1. The van der Waals surface area contributed by atoms with Crippen LogP contribution in [0.15, 0.2) is 36.4 Å². The minimum absolute atomic E-state index is 0.149. The fourth-order valence-corrected chi connectivity index (χ4v) is 2.27. The van der Waals surface area contributed by atoms with Crippen molar-refractivity contribution in [2.24, 2.45) is 5.73 Å². The van der Waals surface area contributed by atoms with Crippen molar-refractivity contribution in [1.29, 1.82) is 0 Å². The second kappa shape index (κ2) is 6.49. The first-order valence-electron chi connectivity index (χ1n) is 6.43. The maximum absolute atomic E-state index is 5.97. The molecule has 1 unspecified atom stereocenters. The molecule has 0 aromatic heterocycles. The van der Waals surface area contributed by atoms with Crippen molar-refractivity contribution >= 4 is 23.2 Å². The Labute approximate surface area is 129 Å². The lowest BCUT2D eigenvalue weighted by Crippen LogP contribution is -2.18. The normalized spacial score (nSPS) is 12.2. The summed E-state index contributed by atoms with van der Waals surface area (Å²) in [5.74, 6) is 1.44. The minimum Gasteiger partial charge on any atom is -0.457 e. The summed E-state index contributed by atoms with van der Waals surface area (Å²) in [4.78, 5) is 0. The van der Waals surface area contributed by atoms with Gasteiger partial charge in [-0.1, -0.05) is 29.3 Å². The largest absolute Gasteiger partial charge is 0.457 e. The molecule has 20 heavy (non-hydrogen) atoms. The van der Waals surface area contributed by atoms with Crippen molar-refractivity contribution in [2.75, 3.05) is 0 Å². The summed E-state index contributed by atoms with van der Waals surface area (Å²) in [7, 11) is 0. The molecule has 0 saturated heterocycles. The maximum atomic E-state index is 5.97. The molecule has 0 bridgehead atoms. The van der Waals surface area contributed by atoms with Crippen LogP contribution < -0.4 is 10.5 Å². The zero-order valence-electron chi connectivity index (χ0n) is 11.5. The summed E-state index contributed by atoms with van der Waals surface area (Å²) in [6.45, 7) is 4.05. The van der Waals surface area contributed by atoms with Crippen LogP contribution in [0.2, 0.25) is 10.0 Å². The molecule has 0 amide bonds. The van der Waals surface area contributed by atoms with Crippen molar-refractivity contribution in [3.05, 3.63) is 57.6 Å². The van der Waals surface area contributed by atoms with E-state index in [4.69, 9.17) is 33.7 Å². The van der Waals surface area contributed by atoms with Crippen LogP contribution in [0.4, 0.5) is 0 Å². The topological polar surface area (TPSA) is 35.2 Å². The molecule has 0 aliphatic heterocycles.